The van der Waals surface area contributed by atoms with Gasteiger partial charge in [-0.15, -0.1) is 0 Å². The highest BCUT2D eigenvalue weighted by molar-refractivity contribution is 5.93. The minimum atomic E-state index is -0.744. The maximum atomic E-state index is 11.5. The van der Waals surface area contributed by atoms with Gasteiger partial charge in [0.1, 0.15) is 5.75 Å². The molecule has 1 aromatic carbocycles. The highest BCUT2D eigenvalue weighted by Gasteiger charge is 2.06. The number of rotatable bonds is 7. The molecule has 20 heavy (non-hydrogen) atoms. The Morgan fingerprint density at radius 1 is 1.15 bits per heavy atom. The van der Waals surface area contributed by atoms with Gasteiger partial charge < -0.3 is 9.47 Å². The molecule has 0 unspecified atom stereocenters. The number of unbranched alkanes of at least 4 members (excludes halogenated alkanes) is 1. The lowest BCUT2D eigenvalue weighted by atomic mass is 10.2. The Hall–Kier alpha value is -2.43. The summed E-state index contributed by atoms with van der Waals surface area (Å²) in [7, 11) is 0. The Balaban J connectivity index is 2.50. The molecule has 106 valence electrons. The van der Waals surface area contributed by atoms with Crippen LogP contribution in [-0.2, 0) is 14.3 Å². The molecule has 0 radical (unpaired) electrons. The van der Waals surface area contributed by atoms with E-state index in [0.29, 0.717) is 12.9 Å². The van der Waals surface area contributed by atoms with E-state index in [1.54, 1.807) is 12.1 Å². The minimum Gasteiger partial charge on any atom is -0.463 e. The maximum Gasteiger partial charge on any atom is 0.336 e. The molecule has 0 aliphatic rings. The molecule has 0 aliphatic heterocycles. The molecule has 0 N–H and O–H groups in total. The molecule has 0 heterocycles. The standard InChI is InChI=1S/C15H16O5/c1-2-3-10-19-14(17)8-9-15(18)20-13-7-5-4-6-12(13)11-16/h4-9,11H,2-3,10H2,1H3/b9-8+. The van der Waals surface area contributed by atoms with Crippen LogP contribution in [0.3, 0.4) is 0 Å². The third-order valence-corrected chi connectivity index (χ3v) is 2.35. The number of carbonyl (C=O) groups is 3. The molecule has 1 rings (SSSR count). The van der Waals surface area contributed by atoms with Crippen molar-refractivity contribution in [3.8, 4) is 5.75 Å². The van der Waals surface area contributed by atoms with Gasteiger partial charge in [0.2, 0.25) is 0 Å². The van der Waals surface area contributed by atoms with E-state index in [9.17, 15) is 14.4 Å². The van der Waals surface area contributed by atoms with Gasteiger partial charge in [0, 0.05) is 12.2 Å². The predicted octanol–water partition coefficient (Wildman–Crippen LogP) is 2.30. The summed E-state index contributed by atoms with van der Waals surface area (Å²) in [5.41, 5.74) is 0.264. The van der Waals surface area contributed by atoms with Gasteiger partial charge in [-0.1, -0.05) is 25.5 Å². The monoisotopic (exact) mass is 276 g/mol. The van der Waals surface area contributed by atoms with Crippen molar-refractivity contribution in [2.24, 2.45) is 0 Å². The summed E-state index contributed by atoms with van der Waals surface area (Å²) in [5.74, 6) is -1.19. The number of esters is 2. The Morgan fingerprint density at radius 3 is 2.55 bits per heavy atom. The SMILES string of the molecule is CCCCOC(=O)/C=C/C(=O)Oc1ccccc1C=O. The lowest BCUT2D eigenvalue weighted by Gasteiger charge is -2.03. The van der Waals surface area contributed by atoms with Gasteiger partial charge in [-0.3, -0.25) is 4.79 Å². The molecule has 5 nitrogen and oxygen atoms in total. The molecule has 0 saturated carbocycles. The Morgan fingerprint density at radius 2 is 1.85 bits per heavy atom. The summed E-state index contributed by atoms with van der Waals surface area (Å²) in [6.45, 7) is 2.30. The van der Waals surface area contributed by atoms with Gasteiger partial charge >= 0.3 is 11.9 Å². The average molecular weight is 276 g/mol. The van der Waals surface area contributed by atoms with E-state index < -0.39 is 11.9 Å². The Labute approximate surface area is 117 Å². The number of para-hydroxylation sites is 1. The van der Waals surface area contributed by atoms with Crippen LogP contribution < -0.4 is 4.74 Å². The molecule has 0 bridgehead atoms. The molecule has 0 saturated heterocycles. The van der Waals surface area contributed by atoms with Gasteiger partial charge in [-0.2, -0.15) is 0 Å². The van der Waals surface area contributed by atoms with Crippen LogP contribution >= 0.6 is 0 Å². The second kappa shape index (κ2) is 8.63. The van der Waals surface area contributed by atoms with Crippen molar-refractivity contribution in [3.05, 3.63) is 42.0 Å². The van der Waals surface area contributed by atoms with Gasteiger partial charge in [0.25, 0.3) is 0 Å². The van der Waals surface area contributed by atoms with Crippen molar-refractivity contribution in [1.29, 1.82) is 0 Å². The molecule has 1 aromatic rings. The minimum absolute atomic E-state index is 0.150. The van der Waals surface area contributed by atoms with Gasteiger partial charge in [0.05, 0.1) is 12.2 Å². The summed E-state index contributed by atoms with van der Waals surface area (Å²) < 4.78 is 9.79. The normalized spacial score (nSPS) is 10.2. The zero-order valence-electron chi connectivity index (χ0n) is 11.2. The lowest BCUT2D eigenvalue weighted by Crippen LogP contribution is -2.08. The number of benzene rings is 1. The molecule has 0 atom stereocenters. The average Bonchev–Trinajstić information content (AvgIpc) is 2.46. The molecule has 0 amide bonds. The van der Waals surface area contributed by atoms with Crippen LogP contribution in [0.15, 0.2) is 36.4 Å². The number of hydrogen-bond donors (Lipinski definition) is 0. The highest BCUT2D eigenvalue weighted by Crippen LogP contribution is 2.15. The number of carbonyl (C=O) groups excluding carboxylic acids is 3. The molecular weight excluding hydrogens is 260 g/mol. The van der Waals surface area contributed by atoms with E-state index in [1.807, 2.05) is 6.92 Å². The van der Waals surface area contributed by atoms with Crippen molar-refractivity contribution < 1.29 is 23.9 Å². The zero-order chi connectivity index (χ0) is 14.8. The van der Waals surface area contributed by atoms with E-state index in [2.05, 4.69) is 0 Å². The summed E-state index contributed by atoms with van der Waals surface area (Å²) in [4.78, 5) is 33.4. The highest BCUT2D eigenvalue weighted by atomic mass is 16.5. The van der Waals surface area contributed by atoms with E-state index in [-0.39, 0.29) is 11.3 Å². The third-order valence-electron chi connectivity index (χ3n) is 2.35. The maximum absolute atomic E-state index is 11.5. The van der Waals surface area contributed by atoms with Crippen LogP contribution in [0.1, 0.15) is 30.1 Å². The van der Waals surface area contributed by atoms with Crippen LogP contribution in [0.5, 0.6) is 5.75 Å². The van der Waals surface area contributed by atoms with E-state index in [0.717, 1.165) is 25.0 Å². The van der Waals surface area contributed by atoms with Crippen molar-refractivity contribution in [3.63, 3.8) is 0 Å². The number of aldehydes is 1. The van der Waals surface area contributed by atoms with Crippen LogP contribution in [0.25, 0.3) is 0 Å². The smallest absolute Gasteiger partial charge is 0.336 e. The van der Waals surface area contributed by atoms with Crippen molar-refractivity contribution >= 4 is 18.2 Å². The predicted molar refractivity (Wildman–Crippen MR) is 72.5 cm³/mol. The molecule has 0 fully saturated rings. The summed E-state index contributed by atoms with van der Waals surface area (Å²) >= 11 is 0. The molecule has 5 heteroatoms. The molecule has 0 aliphatic carbocycles. The lowest BCUT2D eigenvalue weighted by molar-refractivity contribution is -0.138. The second-order valence-corrected chi connectivity index (χ2v) is 3.93. The first-order valence-electron chi connectivity index (χ1n) is 6.28. The Kier molecular flexibility index (Phi) is 6.75. The van der Waals surface area contributed by atoms with Crippen molar-refractivity contribution in [2.45, 2.75) is 19.8 Å². The fourth-order valence-electron chi connectivity index (χ4n) is 1.31. The second-order valence-electron chi connectivity index (χ2n) is 3.93. The number of ether oxygens (including phenoxy) is 2. The molecule has 0 aromatic heterocycles. The van der Waals surface area contributed by atoms with Gasteiger partial charge in [-0.25, -0.2) is 9.59 Å². The van der Waals surface area contributed by atoms with Gasteiger partial charge in [0.15, 0.2) is 6.29 Å². The summed E-state index contributed by atoms with van der Waals surface area (Å²) in [6.07, 6.45) is 4.25. The quantitative estimate of drug-likeness (QED) is 0.251. The van der Waals surface area contributed by atoms with Crippen LogP contribution in [-0.4, -0.2) is 24.8 Å². The first-order valence-corrected chi connectivity index (χ1v) is 6.28. The zero-order valence-corrected chi connectivity index (χ0v) is 11.2. The third kappa shape index (κ3) is 5.48. The fourth-order valence-corrected chi connectivity index (χ4v) is 1.31. The first-order chi connectivity index (χ1) is 9.67. The first kappa shape index (κ1) is 15.6. The molecule has 0 spiro atoms. The summed E-state index contributed by atoms with van der Waals surface area (Å²) in [6, 6.07) is 6.31. The summed E-state index contributed by atoms with van der Waals surface area (Å²) in [5, 5.41) is 0. The van der Waals surface area contributed by atoms with Crippen LogP contribution in [0.2, 0.25) is 0 Å². The van der Waals surface area contributed by atoms with Crippen LogP contribution in [0, 0.1) is 0 Å². The van der Waals surface area contributed by atoms with Gasteiger partial charge in [-0.05, 0) is 18.6 Å². The van der Waals surface area contributed by atoms with E-state index in [1.165, 1.54) is 12.1 Å². The molecular formula is C15H16O5. The topological polar surface area (TPSA) is 69.7 Å². The van der Waals surface area contributed by atoms with Crippen molar-refractivity contribution in [1.82, 2.24) is 0 Å². The largest absolute Gasteiger partial charge is 0.463 e. The Bertz CT molecular complexity index is 505. The van der Waals surface area contributed by atoms with Crippen molar-refractivity contribution in [2.75, 3.05) is 6.61 Å². The number of hydrogen-bond acceptors (Lipinski definition) is 5. The fraction of sp³-hybridized carbons (Fsp3) is 0.267. The van der Waals surface area contributed by atoms with E-state index in [4.69, 9.17) is 9.47 Å². The van der Waals surface area contributed by atoms with E-state index >= 15 is 0 Å². The van der Waals surface area contributed by atoms with Crippen LogP contribution in [0.4, 0.5) is 0 Å².